The Hall–Kier alpha value is -3.88. The molecule has 0 saturated carbocycles. The van der Waals surface area contributed by atoms with Crippen LogP contribution in [0.4, 0.5) is 11.4 Å². The summed E-state index contributed by atoms with van der Waals surface area (Å²) in [7, 11) is 0. The third-order valence-electron chi connectivity index (χ3n) is 4.91. The smallest absolute Gasteiger partial charge is 0.329 e. The number of carbonyl (C=O) groups excluding carboxylic acids is 3. The summed E-state index contributed by atoms with van der Waals surface area (Å²) in [6, 6.07) is 17.0. The number of halogens is 2. The lowest BCUT2D eigenvalue weighted by atomic mass is 10.1. The zero-order chi connectivity index (χ0) is 25.4. The van der Waals surface area contributed by atoms with E-state index in [0.29, 0.717) is 11.3 Å². The summed E-state index contributed by atoms with van der Waals surface area (Å²) in [5, 5.41) is 9.33. The Bertz CT molecular complexity index is 1280. The molecule has 0 radical (unpaired) electrons. The Morgan fingerprint density at radius 1 is 0.886 bits per heavy atom. The van der Waals surface area contributed by atoms with Gasteiger partial charge in [0.2, 0.25) is 0 Å². The average molecular weight is 513 g/mol. The van der Waals surface area contributed by atoms with E-state index in [4.69, 9.17) is 27.9 Å². The number of hydrazone groups is 1. The molecule has 0 aromatic heterocycles. The van der Waals surface area contributed by atoms with Gasteiger partial charge < -0.3 is 15.4 Å². The van der Waals surface area contributed by atoms with Crippen LogP contribution in [0.1, 0.15) is 16.7 Å². The predicted octanol–water partition coefficient (Wildman–Crippen LogP) is 4.72. The van der Waals surface area contributed by atoms with Crippen molar-refractivity contribution in [1.29, 1.82) is 0 Å². The van der Waals surface area contributed by atoms with E-state index in [9.17, 15) is 14.4 Å². The molecule has 3 rings (SSSR count). The van der Waals surface area contributed by atoms with Gasteiger partial charge in [0.25, 0.3) is 5.91 Å². The maximum absolute atomic E-state index is 12.2. The average Bonchev–Trinajstić information content (AvgIpc) is 2.84. The topological polar surface area (TPSA) is 109 Å². The quantitative estimate of drug-likeness (QED) is 0.241. The molecule has 180 valence electrons. The highest BCUT2D eigenvalue weighted by molar-refractivity contribution is 6.45. The molecule has 10 heteroatoms. The van der Waals surface area contributed by atoms with Crippen molar-refractivity contribution in [2.24, 2.45) is 5.10 Å². The Morgan fingerprint density at radius 3 is 2.31 bits per heavy atom. The highest BCUT2D eigenvalue weighted by Gasteiger charge is 2.15. The van der Waals surface area contributed by atoms with Gasteiger partial charge in [0.05, 0.1) is 21.9 Å². The summed E-state index contributed by atoms with van der Waals surface area (Å²) in [5.41, 5.74) is 5.81. The van der Waals surface area contributed by atoms with Crippen LogP contribution in [-0.2, 0) is 14.4 Å². The van der Waals surface area contributed by atoms with E-state index >= 15 is 0 Å². The lowest BCUT2D eigenvalue weighted by Gasteiger charge is -2.11. The Balaban J connectivity index is 1.46. The minimum Gasteiger partial charge on any atom is -0.484 e. The van der Waals surface area contributed by atoms with Crippen molar-refractivity contribution in [3.63, 3.8) is 0 Å². The van der Waals surface area contributed by atoms with Crippen LogP contribution in [0.3, 0.4) is 0 Å². The number of ether oxygens (including phenoxy) is 1. The van der Waals surface area contributed by atoms with Crippen LogP contribution < -0.4 is 20.8 Å². The number of nitrogens with zero attached hydrogens (tertiary/aromatic N) is 1. The lowest BCUT2D eigenvalue weighted by molar-refractivity contribution is -0.136. The molecule has 3 amide bonds. The van der Waals surface area contributed by atoms with Gasteiger partial charge in [0, 0.05) is 5.69 Å². The molecule has 3 aromatic carbocycles. The number of nitrogens with one attached hydrogen (secondary N) is 3. The molecule has 0 fully saturated rings. The molecule has 3 N–H and O–H groups in total. The highest BCUT2D eigenvalue weighted by Crippen LogP contribution is 2.29. The van der Waals surface area contributed by atoms with E-state index in [2.05, 4.69) is 21.2 Å². The van der Waals surface area contributed by atoms with Gasteiger partial charge in [-0.2, -0.15) is 5.10 Å². The Labute approximate surface area is 212 Å². The summed E-state index contributed by atoms with van der Waals surface area (Å²) < 4.78 is 5.51. The van der Waals surface area contributed by atoms with Crippen LogP contribution >= 0.6 is 23.2 Å². The number of amides is 3. The van der Waals surface area contributed by atoms with Crippen molar-refractivity contribution in [3.8, 4) is 5.75 Å². The number of aryl methyl sites for hydroxylation is 1. The van der Waals surface area contributed by atoms with E-state index in [0.717, 1.165) is 16.8 Å². The summed E-state index contributed by atoms with van der Waals surface area (Å²) in [6.07, 6.45) is 1.36. The molecular weight excluding hydrogens is 491 g/mol. The van der Waals surface area contributed by atoms with Gasteiger partial charge in [0.1, 0.15) is 5.75 Å². The van der Waals surface area contributed by atoms with Gasteiger partial charge >= 0.3 is 11.8 Å². The normalized spacial score (nSPS) is 10.6. The first-order valence-corrected chi connectivity index (χ1v) is 11.2. The van der Waals surface area contributed by atoms with Gasteiger partial charge in [-0.1, -0.05) is 41.4 Å². The molecule has 0 atom stereocenters. The van der Waals surface area contributed by atoms with E-state index in [1.54, 1.807) is 36.4 Å². The second kappa shape index (κ2) is 12.0. The third-order valence-corrected chi connectivity index (χ3v) is 5.73. The number of anilines is 2. The fraction of sp³-hybridized carbons (Fsp3) is 0.120. The van der Waals surface area contributed by atoms with Crippen molar-refractivity contribution in [1.82, 2.24) is 5.43 Å². The number of benzene rings is 3. The van der Waals surface area contributed by atoms with Gasteiger partial charge in [0.15, 0.2) is 6.61 Å². The monoisotopic (exact) mass is 512 g/mol. The van der Waals surface area contributed by atoms with Crippen LogP contribution in [0.25, 0.3) is 0 Å². The summed E-state index contributed by atoms with van der Waals surface area (Å²) in [4.78, 5) is 36.1. The summed E-state index contributed by atoms with van der Waals surface area (Å²) >= 11 is 11.9. The van der Waals surface area contributed by atoms with Crippen molar-refractivity contribution < 1.29 is 19.1 Å². The van der Waals surface area contributed by atoms with Gasteiger partial charge in [-0.25, -0.2) is 5.43 Å². The Morgan fingerprint density at radius 2 is 1.57 bits per heavy atom. The van der Waals surface area contributed by atoms with Crippen molar-refractivity contribution in [3.05, 3.63) is 87.4 Å². The van der Waals surface area contributed by atoms with Gasteiger partial charge in [-0.3, -0.25) is 14.4 Å². The van der Waals surface area contributed by atoms with Crippen LogP contribution in [0, 0.1) is 13.8 Å². The Kier molecular flexibility index (Phi) is 8.83. The molecule has 0 heterocycles. The first-order valence-electron chi connectivity index (χ1n) is 10.4. The van der Waals surface area contributed by atoms with Gasteiger partial charge in [-0.05, 0) is 73.0 Å². The summed E-state index contributed by atoms with van der Waals surface area (Å²) in [5.74, 6) is -1.72. The zero-order valence-electron chi connectivity index (χ0n) is 18.9. The molecule has 0 unspecified atom stereocenters. The maximum Gasteiger partial charge on any atom is 0.329 e. The number of hydrogen-bond acceptors (Lipinski definition) is 5. The van der Waals surface area contributed by atoms with E-state index in [-0.39, 0.29) is 28.2 Å². The fourth-order valence-electron chi connectivity index (χ4n) is 2.87. The first-order chi connectivity index (χ1) is 16.7. The lowest BCUT2D eigenvalue weighted by Crippen LogP contribution is -2.32. The van der Waals surface area contributed by atoms with E-state index < -0.39 is 11.8 Å². The minimum absolute atomic E-state index is 0.129. The zero-order valence-corrected chi connectivity index (χ0v) is 20.4. The fourth-order valence-corrected chi connectivity index (χ4v) is 3.22. The first kappa shape index (κ1) is 25.7. The molecule has 0 spiro atoms. The van der Waals surface area contributed by atoms with Crippen molar-refractivity contribution in [2.45, 2.75) is 13.8 Å². The van der Waals surface area contributed by atoms with E-state index in [1.807, 2.05) is 32.0 Å². The minimum atomic E-state index is -0.980. The summed E-state index contributed by atoms with van der Waals surface area (Å²) in [6.45, 7) is 3.77. The number of rotatable bonds is 7. The number of hydrogen-bond donors (Lipinski definition) is 3. The SMILES string of the molecule is Cc1cccc(NC(=O)COc2ccc(/C=N\NC(=O)C(=O)Nc3cccc(Cl)c3Cl)cc2)c1C. The van der Waals surface area contributed by atoms with Crippen LogP contribution in [-0.4, -0.2) is 30.5 Å². The second-order valence-corrected chi connectivity index (χ2v) is 8.19. The molecule has 0 bridgehead atoms. The van der Waals surface area contributed by atoms with Gasteiger partial charge in [-0.15, -0.1) is 0 Å². The third kappa shape index (κ3) is 7.30. The second-order valence-electron chi connectivity index (χ2n) is 7.41. The highest BCUT2D eigenvalue weighted by atomic mass is 35.5. The molecule has 35 heavy (non-hydrogen) atoms. The molecule has 0 aliphatic rings. The van der Waals surface area contributed by atoms with Crippen molar-refractivity contribution >= 4 is 58.5 Å². The molecule has 0 saturated heterocycles. The molecule has 8 nitrogen and oxygen atoms in total. The molecular formula is C25H22Cl2N4O4. The maximum atomic E-state index is 12.2. The van der Waals surface area contributed by atoms with Crippen LogP contribution in [0.2, 0.25) is 10.0 Å². The largest absolute Gasteiger partial charge is 0.484 e. The van der Waals surface area contributed by atoms with Crippen LogP contribution in [0.5, 0.6) is 5.75 Å². The molecule has 0 aliphatic carbocycles. The van der Waals surface area contributed by atoms with Crippen LogP contribution in [0.15, 0.2) is 65.8 Å². The van der Waals surface area contributed by atoms with Crippen molar-refractivity contribution in [2.75, 3.05) is 17.2 Å². The van der Waals surface area contributed by atoms with E-state index in [1.165, 1.54) is 12.3 Å². The standard InChI is InChI=1S/C25H22Cl2N4O4/c1-15-5-3-7-20(16(15)2)29-22(32)14-35-18-11-9-17(10-12-18)13-28-31-25(34)24(33)30-21-8-4-6-19(26)23(21)27/h3-13H,14H2,1-2H3,(H,29,32)(H,30,33)(H,31,34)/b28-13-. The molecule has 0 aliphatic heterocycles. The molecule has 3 aromatic rings. The predicted molar refractivity (Wildman–Crippen MR) is 137 cm³/mol. The number of carbonyl (C=O) groups is 3.